The van der Waals surface area contributed by atoms with Crippen LogP contribution in [0.15, 0.2) is 84.4 Å². The second-order valence-corrected chi connectivity index (χ2v) is 10.4. The summed E-state index contributed by atoms with van der Waals surface area (Å²) in [6.45, 7) is 8.82. The fourth-order valence-electron chi connectivity index (χ4n) is 5.33. The van der Waals surface area contributed by atoms with Gasteiger partial charge in [-0.15, -0.1) is 0 Å². The van der Waals surface area contributed by atoms with Crippen molar-refractivity contribution < 1.29 is 9.53 Å². The maximum atomic E-state index is 13.9. The molecule has 2 saturated heterocycles. The van der Waals surface area contributed by atoms with Gasteiger partial charge in [0.05, 0.1) is 24.9 Å². The van der Waals surface area contributed by atoms with E-state index in [0.717, 1.165) is 55.2 Å². The van der Waals surface area contributed by atoms with E-state index in [1.54, 1.807) is 0 Å². The molecule has 0 N–H and O–H groups in total. The summed E-state index contributed by atoms with van der Waals surface area (Å²) >= 11 is 0. The summed E-state index contributed by atoms with van der Waals surface area (Å²) in [5.74, 6) is 1.14. The van der Waals surface area contributed by atoms with Gasteiger partial charge in [-0.2, -0.15) is 0 Å². The Morgan fingerprint density at radius 3 is 2.36 bits per heavy atom. The molecular formula is C31H35N3O2. The summed E-state index contributed by atoms with van der Waals surface area (Å²) in [6.07, 6.45) is 2.97. The molecule has 1 aromatic heterocycles. The lowest BCUT2D eigenvalue weighted by Gasteiger charge is -2.44. The van der Waals surface area contributed by atoms with Crippen LogP contribution in [0.2, 0.25) is 0 Å². The molecule has 1 unspecified atom stereocenters. The molecule has 2 aromatic carbocycles. The van der Waals surface area contributed by atoms with Gasteiger partial charge in [0.25, 0.3) is 0 Å². The lowest BCUT2D eigenvalue weighted by atomic mass is 9.74. The molecule has 186 valence electrons. The Balaban J connectivity index is 1.52. The van der Waals surface area contributed by atoms with Gasteiger partial charge in [-0.3, -0.25) is 9.69 Å². The normalized spacial score (nSPS) is 21.6. The van der Waals surface area contributed by atoms with Crippen LogP contribution >= 0.6 is 0 Å². The minimum absolute atomic E-state index is 0.107. The highest BCUT2D eigenvalue weighted by molar-refractivity contribution is 6.05. The molecule has 5 rings (SSSR count). The van der Waals surface area contributed by atoms with Crippen LogP contribution in [0, 0.1) is 5.41 Å². The van der Waals surface area contributed by atoms with Crippen molar-refractivity contribution in [2.45, 2.75) is 26.3 Å². The van der Waals surface area contributed by atoms with Gasteiger partial charge in [0, 0.05) is 37.2 Å². The minimum Gasteiger partial charge on any atom is -0.378 e. The summed E-state index contributed by atoms with van der Waals surface area (Å²) in [7, 11) is 0. The molecule has 0 spiro atoms. The second kappa shape index (κ2) is 10.8. The van der Waals surface area contributed by atoms with Gasteiger partial charge in [0.2, 0.25) is 0 Å². The van der Waals surface area contributed by atoms with E-state index in [0.29, 0.717) is 13.2 Å². The van der Waals surface area contributed by atoms with Crippen molar-refractivity contribution >= 4 is 17.7 Å². The number of benzene rings is 2. The van der Waals surface area contributed by atoms with Gasteiger partial charge >= 0.3 is 0 Å². The Hall–Kier alpha value is -3.28. The molecule has 1 atom stereocenters. The molecule has 0 amide bonds. The van der Waals surface area contributed by atoms with E-state index < -0.39 is 5.41 Å². The zero-order chi connectivity index (χ0) is 25.0. The highest BCUT2D eigenvalue weighted by Gasteiger charge is 2.43. The fraction of sp³-hybridized carbons (Fsp3) is 0.355. The minimum atomic E-state index is -0.477. The number of piperidine rings is 1. The van der Waals surface area contributed by atoms with Crippen LogP contribution in [-0.2, 0) is 16.0 Å². The van der Waals surface area contributed by atoms with Crippen molar-refractivity contribution in [1.29, 1.82) is 0 Å². The molecule has 0 saturated carbocycles. The number of nitrogens with zero attached hydrogens (tertiary/aromatic N) is 3. The first kappa shape index (κ1) is 24.4. The average molecular weight is 482 g/mol. The third-order valence-electron chi connectivity index (χ3n) is 7.18. The van der Waals surface area contributed by atoms with Crippen LogP contribution in [0.5, 0.6) is 0 Å². The molecule has 2 fully saturated rings. The summed E-state index contributed by atoms with van der Waals surface area (Å²) in [4.78, 5) is 23.6. The molecule has 5 nitrogen and oxygen atoms in total. The predicted molar refractivity (Wildman–Crippen MR) is 145 cm³/mol. The first-order chi connectivity index (χ1) is 17.5. The van der Waals surface area contributed by atoms with Crippen LogP contribution in [0.4, 0.5) is 5.82 Å². The van der Waals surface area contributed by atoms with Crippen LogP contribution in [0.3, 0.4) is 0 Å². The number of hydrogen-bond donors (Lipinski definition) is 0. The summed E-state index contributed by atoms with van der Waals surface area (Å²) < 4.78 is 5.51. The molecule has 0 aliphatic carbocycles. The largest absolute Gasteiger partial charge is 0.378 e. The summed E-state index contributed by atoms with van der Waals surface area (Å²) in [6, 6.07) is 27.0. The molecule has 2 aliphatic heterocycles. The summed E-state index contributed by atoms with van der Waals surface area (Å²) in [5, 5.41) is 0. The van der Waals surface area contributed by atoms with Crippen LogP contribution in [-0.4, -0.2) is 55.1 Å². The zero-order valence-electron chi connectivity index (χ0n) is 21.3. The van der Waals surface area contributed by atoms with Crippen molar-refractivity contribution in [2.75, 3.05) is 44.3 Å². The highest BCUT2D eigenvalue weighted by atomic mass is 16.5. The number of morpholine rings is 1. The van der Waals surface area contributed by atoms with E-state index in [9.17, 15) is 4.79 Å². The standard InChI is InChI=1S/C31H35N3O2/c1-31(2)23-34(17-16-24-10-5-3-6-11-24)29(25-12-7-4-8-13-25)27(30(31)35)22-26-14-9-15-28(32-26)33-18-20-36-21-19-33/h3-15,22,29H,16-21,23H2,1-2H3. The number of pyridine rings is 1. The Bertz CT molecular complexity index is 1200. The van der Waals surface area contributed by atoms with Gasteiger partial charge < -0.3 is 9.64 Å². The fourth-order valence-corrected chi connectivity index (χ4v) is 5.33. The third kappa shape index (κ3) is 5.43. The van der Waals surface area contributed by atoms with Gasteiger partial charge in [0.15, 0.2) is 5.78 Å². The van der Waals surface area contributed by atoms with Crippen molar-refractivity contribution in [3.8, 4) is 0 Å². The second-order valence-electron chi connectivity index (χ2n) is 10.4. The number of likely N-dealkylation sites (tertiary alicyclic amines) is 1. The van der Waals surface area contributed by atoms with Crippen LogP contribution in [0.1, 0.15) is 36.7 Å². The molecule has 3 heterocycles. The number of ether oxygens (including phenoxy) is 1. The topological polar surface area (TPSA) is 45.7 Å². The Labute approximate surface area is 214 Å². The number of ketones is 1. The van der Waals surface area contributed by atoms with E-state index >= 15 is 0 Å². The average Bonchev–Trinajstić information content (AvgIpc) is 2.92. The Kier molecular flexibility index (Phi) is 7.30. The van der Waals surface area contributed by atoms with Crippen molar-refractivity contribution in [3.63, 3.8) is 0 Å². The van der Waals surface area contributed by atoms with E-state index in [2.05, 4.69) is 78.2 Å². The quantitative estimate of drug-likeness (QED) is 0.453. The monoisotopic (exact) mass is 481 g/mol. The molecule has 5 heteroatoms. The maximum absolute atomic E-state index is 13.9. The lowest BCUT2D eigenvalue weighted by molar-refractivity contribution is -0.128. The Morgan fingerprint density at radius 1 is 0.944 bits per heavy atom. The SMILES string of the molecule is CC1(C)CN(CCc2ccccc2)C(c2ccccc2)C(=Cc2cccc(N3CCOCC3)n2)C1=O. The summed E-state index contributed by atoms with van der Waals surface area (Å²) in [5.41, 5.74) is 3.62. The Morgan fingerprint density at radius 2 is 1.64 bits per heavy atom. The van der Waals surface area contributed by atoms with E-state index in [4.69, 9.17) is 9.72 Å². The van der Waals surface area contributed by atoms with E-state index in [1.165, 1.54) is 5.56 Å². The number of Topliss-reactive ketones (excluding diaryl/α,β-unsaturated/α-hetero) is 1. The molecule has 0 radical (unpaired) electrons. The molecule has 36 heavy (non-hydrogen) atoms. The van der Waals surface area contributed by atoms with Gasteiger partial charge in [-0.25, -0.2) is 4.98 Å². The number of carbonyl (C=O) groups is 1. The van der Waals surface area contributed by atoms with Crippen molar-refractivity contribution in [1.82, 2.24) is 9.88 Å². The number of carbonyl (C=O) groups excluding carboxylic acids is 1. The van der Waals surface area contributed by atoms with E-state index in [-0.39, 0.29) is 11.8 Å². The van der Waals surface area contributed by atoms with Gasteiger partial charge in [0.1, 0.15) is 5.82 Å². The van der Waals surface area contributed by atoms with Crippen LogP contribution < -0.4 is 4.90 Å². The lowest BCUT2D eigenvalue weighted by Crippen LogP contribution is -2.49. The highest BCUT2D eigenvalue weighted by Crippen LogP contribution is 2.41. The molecule has 2 aliphatic rings. The predicted octanol–water partition coefficient (Wildman–Crippen LogP) is 5.20. The van der Waals surface area contributed by atoms with E-state index in [1.807, 2.05) is 30.3 Å². The molecular weight excluding hydrogens is 446 g/mol. The zero-order valence-corrected chi connectivity index (χ0v) is 21.3. The van der Waals surface area contributed by atoms with Gasteiger partial charge in [-0.05, 0) is 35.8 Å². The number of hydrogen-bond acceptors (Lipinski definition) is 5. The van der Waals surface area contributed by atoms with Crippen LogP contribution in [0.25, 0.3) is 6.08 Å². The maximum Gasteiger partial charge on any atom is 0.167 e. The van der Waals surface area contributed by atoms with Crippen molar-refractivity contribution in [2.24, 2.45) is 5.41 Å². The first-order valence-corrected chi connectivity index (χ1v) is 12.9. The smallest absolute Gasteiger partial charge is 0.167 e. The van der Waals surface area contributed by atoms with Gasteiger partial charge in [-0.1, -0.05) is 80.6 Å². The third-order valence-corrected chi connectivity index (χ3v) is 7.18. The van der Waals surface area contributed by atoms with Crippen molar-refractivity contribution in [3.05, 3.63) is 101 Å². The first-order valence-electron chi connectivity index (χ1n) is 12.9. The number of anilines is 1. The number of aromatic nitrogens is 1. The number of rotatable bonds is 6. The molecule has 3 aromatic rings. The molecule has 0 bridgehead atoms.